The van der Waals surface area contributed by atoms with Crippen molar-refractivity contribution >= 4 is 11.6 Å². The average molecular weight is 341 g/mol. The van der Waals surface area contributed by atoms with Gasteiger partial charge in [0, 0.05) is 23.4 Å². The summed E-state index contributed by atoms with van der Waals surface area (Å²) in [7, 11) is 0. The highest BCUT2D eigenvalue weighted by atomic mass is 35.5. The van der Waals surface area contributed by atoms with Crippen LogP contribution in [0.1, 0.15) is 18.4 Å². The molecule has 4 N–H and O–H groups in total. The van der Waals surface area contributed by atoms with Crippen LogP contribution in [0.3, 0.4) is 0 Å². The minimum absolute atomic E-state index is 0.328. The van der Waals surface area contributed by atoms with Crippen LogP contribution in [0.5, 0.6) is 0 Å². The van der Waals surface area contributed by atoms with Gasteiger partial charge in [-0.25, -0.2) is 0 Å². The minimum atomic E-state index is 0.328. The lowest BCUT2D eigenvalue weighted by atomic mass is 10.0. The molecule has 0 aromatic heterocycles. The number of piperazine rings is 1. The predicted molar refractivity (Wildman–Crippen MR) is 92.2 cm³/mol. The number of hydrogen-bond acceptors (Lipinski definition) is 1. The maximum Gasteiger partial charge on any atom is 0.127 e. The van der Waals surface area contributed by atoms with Gasteiger partial charge in [-0.15, -0.1) is 0 Å². The monoisotopic (exact) mass is 340 g/mol. The van der Waals surface area contributed by atoms with Crippen molar-refractivity contribution in [2.45, 2.75) is 25.4 Å². The number of aliphatic hydroxyl groups excluding tert-OH is 1. The van der Waals surface area contributed by atoms with E-state index in [2.05, 4.69) is 12.1 Å². The van der Waals surface area contributed by atoms with Crippen molar-refractivity contribution in [3.05, 3.63) is 34.9 Å². The Hall–Kier alpha value is -0.650. The molecule has 0 radical (unpaired) electrons. The zero-order valence-electron chi connectivity index (χ0n) is 14.0. The maximum atomic E-state index is 9.06. The van der Waals surface area contributed by atoms with E-state index in [1.54, 1.807) is 9.80 Å². The fraction of sp³-hybridized carbons (Fsp3) is 0.667. The third-order valence-electron chi connectivity index (χ3n) is 5.73. The van der Waals surface area contributed by atoms with E-state index < -0.39 is 0 Å². The lowest BCUT2D eigenvalue weighted by Crippen LogP contribution is -3.30. The van der Waals surface area contributed by atoms with E-state index in [1.165, 1.54) is 57.7 Å². The van der Waals surface area contributed by atoms with Crippen LogP contribution in [-0.4, -0.2) is 63.6 Å². The van der Waals surface area contributed by atoms with Crippen molar-refractivity contribution in [2.24, 2.45) is 0 Å². The van der Waals surface area contributed by atoms with Crippen LogP contribution in [0.2, 0.25) is 5.02 Å². The Kier molecular flexibility index (Phi) is 6.31. The summed E-state index contributed by atoms with van der Waals surface area (Å²) in [5.41, 5.74) is 1.29. The van der Waals surface area contributed by atoms with Crippen LogP contribution in [0.25, 0.3) is 0 Å². The molecule has 2 aliphatic heterocycles. The quantitative estimate of drug-likeness (QED) is 0.476. The van der Waals surface area contributed by atoms with Gasteiger partial charge in [-0.05, 0) is 6.07 Å². The Morgan fingerprint density at radius 3 is 2.30 bits per heavy atom. The molecule has 2 heterocycles. The van der Waals surface area contributed by atoms with E-state index in [0.717, 1.165) is 24.2 Å². The molecule has 2 fully saturated rings. The van der Waals surface area contributed by atoms with E-state index in [9.17, 15) is 0 Å². The van der Waals surface area contributed by atoms with Crippen molar-refractivity contribution < 1.29 is 19.8 Å². The van der Waals surface area contributed by atoms with Gasteiger partial charge in [0.05, 0.1) is 25.7 Å². The summed E-state index contributed by atoms with van der Waals surface area (Å²) in [6.07, 6.45) is 2.68. The number of rotatable bonds is 5. The molecular weight excluding hydrogens is 310 g/mol. The number of quaternary nitrogens is 3. The highest BCUT2D eigenvalue weighted by Gasteiger charge is 2.33. The Bertz CT molecular complexity index is 483. The average Bonchev–Trinajstić information content (AvgIpc) is 2.59. The van der Waals surface area contributed by atoms with Crippen molar-refractivity contribution in [1.82, 2.24) is 0 Å². The molecule has 0 bridgehead atoms. The molecule has 5 heteroatoms. The molecule has 128 valence electrons. The second-order valence-corrected chi connectivity index (χ2v) is 7.58. The molecule has 0 atom stereocenters. The van der Waals surface area contributed by atoms with Gasteiger partial charge in [0.15, 0.2) is 0 Å². The van der Waals surface area contributed by atoms with Gasteiger partial charge in [0.25, 0.3) is 0 Å². The molecule has 0 saturated carbocycles. The second kappa shape index (κ2) is 8.45. The summed E-state index contributed by atoms with van der Waals surface area (Å²) in [5, 5.41) is 9.98. The van der Waals surface area contributed by atoms with Gasteiger partial charge >= 0.3 is 0 Å². The summed E-state index contributed by atoms with van der Waals surface area (Å²) >= 11 is 6.30. The van der Waals surface area contributed by atoms with Crippen molar-refractivity contribution in [3.8, 4) is 0 Å². The van der Waals surface area contributed by atoms with Crippen molar-refractivity contribution in [3.63, 3.8) is 0 Å². The minimum Gasteiger partial charge on any atom is -0.391 e. The highest BCUT2D eigenvalue weighted by molar-refractivity contribution is 6.31. The van der Waals surface area contributed by atoms with Gasteiger partial charge in [-0.3, -0.25) is 0 Å². The van der Waals surface area contributed by atoms with Crippen molar-refractivity contribution in [2.75, 3.05) is 52.4 Å². The molecule has 0 unspecified atom stereocenters. The summed E-state index contributed by atoms with van der Waals surface area (Å²) in [5.74, 6) is 0. The smallest absolute Gasteiger partial charge is 0.127 e. The first-order valence-corrected chi connectivity index (χ1v) is 9.50. The topological polar surface area (TPSA) is 33.6 Å². The molecule has 4 nitrogen and oxygen atoms in total. The zero-order chi connectivity index (χ0) is 16.1. The molecule has 23 heavy (non-hydrogen) atoms. The van der Waals surface area contributed by atoms with Gasteiger partial charge in [0.1, 0.15) is 39.3 Å². The number of benzene rings is 1. The Morgan fingerprint density at radius 2 is 1.65 bits per heavy atom. The van der Waals surface area contributed by atoms with Gasteiger partial charge in [-0.1, -0.05) is 29.8 Å². The zero-order valence-corrected chi connectivity index (χ0v) is 14.7. The van der Waals surface area contributed by atoms with Crippen LogP contribution in [0.4, 0.5) is 0 Å². The van der Waals surface area contributed by atoms with E-state index >= 15 is 0 Å². The van der Waals surface area contributed by atoms with Gasteiger partial charge in [0.2, 0.25) is 0 Å². The molecule has 2 saturated heterocycles. The third-order valence-corrected chi connectivity index (χ3v) is 6.10. The normalized spacial score (nSPS) is 31.9. The standard InChI is InChI=1S/C18H28ClN3O/c19-18-4-2-1-3-16(18)15-21-7-5-17(6-8-21)22-11-9-20(10-12-22)13-14-23/h1-4,17,23H,5-15H2/p+3. The van der Waals surface area contributed by atoms with E-state index in [4.69, 9.17) is 16.7 Å². The SMILES string of the molecule is OCC[NH+]1CC[NH+](C2CC[NH+](Cc3ccccc3Cl)CC2)CC1. The van der Waals surface area contributed by atoms with Crippen LogP contribution in [-0.2, 0) is 6.54 Å². The number of hydrogen-bond donors (Lipinski definition) is 4. The maximum absolute atomic E-state index is 9.06. The summed E-state index contributed by atoms with van der Waals surface area (Å²) in [6, 6.07) is 9.11. The highest BCUT2D eigenvalue weighted by Crippen LogP contribution is 2.13. The number of aliphatic hydroxyl groups is 1. The van der Waals surface area contributed by atoms with E-state index in [0.29, 0.717) is 6.61 Å². The Morgan fingerprint density at radius 1 is 0.957 bits per heavy atom. The van der Waals surface area contributed by atoms with Gasteiger partial charge in [-0.2, -0.15) is 0 Å². The first-order chi connectivity index (χ1) is 11.3. The Balaban J connectivity index is 1.43. The third kappa shape index (κ3) is 4.68. The molecule has 0 amide bonds. The number of piperidine rings is 1. The van der Waals surface area contributed by atoms with Crippen LogP contribution in [0.15, 0.2) is 24.3 Å². The van der Waals surface area contributed by atoms with Gasteiger partial charge < -0.3 is 19.8 Å². The fourth-order valence-electron chi connectivity index (χ4n) is 4.26. The number of likely N-dealkylation sites (tertiary alicyclic amines) is 1. The Labute approximate surface area is 144 Å². The molecule has 0 spiro atoms. The molecule has 1 aromatic rings. The molecule has 2 aliphatic rings. The molecule has 3 rings (SSSR count). The lowest BCUT2D eigenvalue weighted by Gasteiger charge is -2.37. The largest absolute Gasteiger partial charge is 0.391 e. The second-order valence-electron chi connectivity index (χ2n) is 7.17. The molecule has 1 aromatic carbocycles. The van der Waals surface area contributed by atoms with Crippen molar-refractivity contribution in [1.29, 1.82) is 0 Å². The number of nitrogens with one attached hydrogen (secondary N) is 3. The lowest BCUT2D eigenvalue weighted by molar-refractivity contribution is -1.03. The fourth-order valence-corrected chi connectivity index (χ4v) is 4.47. The summed E-state index contributed by atoms with van der Waals surface area (Å²) < 4.78 is 0. The molecular formula is C18H31ClN3O+3. The van der Waals surface area contributed by atoms with Crippen LogP contribution < -0.4 is 14.7 Å². The predicted octanol–water partition coefficient (Wildman–Crippen LogP) is -2.34. The van der Waals surface area contributed by atoms with Crippen LogP contribution >= 0.6 is 11.6 Å². The molecule has 0 aliphatic carbocycles. The van der Waals surface area contributed by atoms with E-state index in [-0.39, 0.29) is 0 Å². The first-order valence-electron chi connectivity index (χ1n) is 9.12. The summed E-state index contributed by atoms with van der Waals surface area (Å²) in [4.78, 5) is 5.07. The summed E-state index contributed by atoms with van der Waals surface area (Å²) in [6.45, 7) is 9.86. The van der Waals surface area contributed by atoms with Crippen LogP contribution in [0, 0.1) is 0 Å². The number of halogens is 1. The van der Waals surface area contributed by atoms with E-state index in [1.807, 2.05) is 17.0 Å². The first kappa shape index (κ1) is 17.2.